The zero-order valence-corrected chi connectivity index (χ0v) is 16.3. The molecule has 3 aromatic rings. The zero-order chi connectivity index (χ0) is 17.8. The minimum absolute atomic E-state index is 0.179. The van der Waals surface area contributed by atoms with E-state index >= 15 is 0 Å². The first-order valence-electron chi connectivity index (χ1n) is 7.96. The molecule has 0 atom stereocenters. The fourth-order valence-corrected chi connectivity index (χ4v) is 2.98. The number of hydrogen-bond donors (Lipinski definition) is 1. The molecule has 0 aliphatic rings. The number of rotatable bonds is 6. The standard InChI is InChI=1S/C18H20IN5O/c1-22(2)11-12-23-10-8-17(21-23)20-18(25)16-7-4-9-24(16)15-6-3-5-14(19)13-15/h3-10,13H,11-12H2,1-2H3,(H,20,21,25). The first-order chi connectivity index (χ1) is 12.0. The average molecular weight is 449 g/mol. The Morgan fingerprint density at radius 3 is 2.80 bits per heavy atom. The number of nitrogens with one attached hydrogen (secondary N) is 1. The third kappa shape index (κ3) is 4.49. The van der Waals surface area contributed by atoms with E-state index in [4.69, 9.17) is 0 Å². The molecular weight excluding hydrogens is 429 g/mol. The zero-order valence-electron chi connectivity index (χ0n) is 14.2. The molecule has 0 saturated carbocycles. The molecule has 2 aromatic heterocycles. The highest BCUT2D eigenvalue weighted by Gasteiger charge is 2.13. The molecule has 6 nitrogen and oxygen atoms in total. The highest BCUT2D eigenvalue weighted by Crippen LogP contribution is 2.17. The number of anilines is 1. The second kappa shape index (κ2) is 7.83. The smallest absolute Gasteiger partial charge is 0.273 e. The van der Waals surface area contributed by atoms with Gasteiger partial charge in [-0.15, -0.1) is 0 Å². The van der Waals surface area contributed by atoms with Crippen molar-refractivity contribution in [2.75, 3.05) is 26.0 Å². The van der Waals surface area contributed by atoms with Crippen molar-refractivity contribution in [2.45, 2.75) is 6.54 Å². The van der Waals surface area contributed by atoms with Crippen LogP contribution in [-0.4, -0.2) is 45.8 Å². The summed E-state index contributed by atoms with van der Waals surface area (Å²) >= 11 is 2.26. The largest absolute Gasteiger partial charge is 0.312 e. The molecule has 1 aromatic carbocycles. The quantitative estimate of drug-likeness (QED) is 0.589. The summed E-state index contributed by atoms with van der Waals surface area (Å²) in [4.78, 5) is 14.7. The van der Waals surface area contributed by atoms with Crippen molar-refractivity contribution in [1.82, 2.24) is 19.2 Å². The van der Waals surface area contributed by atoms with Gasteiger partial charge in [0.05, 0.1) is 6.54 Å². The Balaban J connectivity index is 1.73. The summed E-state index contributed by atoms with van der Waals surface area (Å²) in [6.07, 6.45) is 3.76. The highest BCUT2D eigenvalue weighted by molar-refractivity contribution is 14.1. The van der Waals surface area contributed by atoms with Crippen LogP contribution in [-0.2, 0) is 6.54 Å². The molecule has 0 unspecified atom stereocenters. The topological polar surface area (TPSA) is 55.1 Å². The molecule has 1 N–H and O–H groups in total. The van der Waals surface area contributed by atoms with Gasteiger partial charge in [-0.1, -0.05) is 6.07 Å². The number of carbonyl (C=O) groups is 1. The van der Waals surface area contributed by atoms with Gasteiger partial charge in [0.25, 0.3) is 5.91 Å². The third-order valence-corrected chi connectivity index (χ3v) is 4.40. The molecule has 0 bridgehead atoms. The van der Waals surface area contributed by atoms with Crippen LogP contribution in [0.2, 0.25) is 0 Å². The summed E-state index contributed by atoms with van der Waals surface area (Å²) < 4.78 is 4.82. The molecule has 0 radical (unpaired) electrons. The first kappa shape index (κ1) is 17.7. The SMILES string of the molecule is CN(C)CCn1ccc(NC(=O)c2cccn2-c2cccc(I)c2)n1. The minimum Gasteiger partial charge on any atom is -0.312 e. The number of aromatic nitrogens is 3. The van der Waals surface area contributed by atoms with E-state index in [-0.39, 0.29) is 5.91 Å². The Bertz CT molecular complexity index is 868. The molecule has 0 spiro atoms. The Morgan fingerprint density at radius 2 is 2.04 bits per heavy atom. The average Bonchev–Trinajstić information content (AvgIpc) is 3.22. The Kier molecular flexibility index (Phi) is 5.54. The number of benzene rings is 1. The predicted molar refractivity (Wildman–Crippen MR) is 107 cm³/mol. The normalized spacial score (nSPS) is 11.0. The fraction of sp³-hybridized carbons (Fsp3) is 0.222. The van der Waals surface area contributed by atoms with Crippen LogP contribution >= 0.6 is 22.6 Å². The van der Waals surface area contributed by atoms with E-state index in [1.165, 1.54) is 0 Å². The second-order valence-corrected chi connectivity index (χ2v) is 7.21. The van der Waals surface area contributed by atoms with Crippen LogP contribution in [0.15, 0.2) is 54.9 Å². The van der Waals surface area contributed by atoms with Gasteiger partial charge >= 0.3 is 0 Å². The number of nitrogens with zero attached hydrogens (tertiary/aromatic N) is 4. The molecule has 1 amide bonds. The van der Waals surface area contributed by atoms with Crippen LogP contribution in [0.5, 0.6) is 0 Å². The Morgan fingerprint density at radius 1 is 1.20 bits per heavy atom. The monoisotopic (exact) mass is 449 g/mol. The van der Waals surface area contributed by atoms with Crippen LogP contribution in [0.4, 0.5) is 5.82 Å². The lowest BCUT2D eigenvalue weighted by atomic mass is 10.3. The van der Waals surface area contributed by atoms with Gasteiger partial charge in [-0.25, -0.2) is 0 Å². The van der Waals surface area contributed by atoms with E-state index in [1.807, 2.05) is 72.1 Å². The van der Waals surface area contributed by atoms with E-state index in [0.717, 1.165) is 22.3 Å². The minimum atomic E-state index is -0.179. The van der Waals surface area contributed by atoms with Crippen molar-refractivity contribution in [3.63, 3.8) is 0 Å². The fourth-order valence-electron chi connectivity index (χ4n) is 2.45. The molecule has 0 aliphatic carbocycles. The second-order valence-electron chi connectivity index (χ2n) is 5.96. The number of carbonyl (C=O) groups excluding carboxylic acids is 1. The van der Waals surface area contributed by atoms with Crippen molar-refractivity contribution in [3.05, 3.63) is 64.1 Å². The summed E-state index contributed by atoms with van der Waals surface area (Å²) in [6, 6.07) is 13.5. The van der Waals surface area contributed by atoms with E-state index in [9.17, 15) is 4.79 Å². The maximum atomic E-state index is 12.6. The van der Waals surface area contributed by atoms with Crippen molar-refractivity contribution < 1.29 is 4.79 Å². The highest BCUT2D eigenvalue weighted by atomic mass is 127. The van der Waals surface area contributed by atoms with Gasteiger partial charge in [0.2, 0.25) is 0 Å². The van der Waals surface area contributed by atoms with Crippen LogP contribution in [0.1, 0.15) is 10.5 Å². The summed E-state index contributed by atoms with van der Waals surface area (Å²) in [6.45, 7) is 1.67. The molecular formula is C18H20IN5O. The Hall–Kier alpha value is -2.13. The van der Waals surface area contributed by atoms with Gasteiger partial charge < -0.3 is 14.8 Å². The van der Waals surface area contributed by atoms with Crippen molar-refractivity contribution in [1.29, 1.82) is 0 Å². The third-order valence-electron chi connectivity index (χ3n) is 3.73. The lowest BCUT2D eigenvalue weighted by molar-refractivity contribution is 0.102. The van der Waals surface area contributed by atoms with Gasteiger partial charge in [-0.05, 0) is 67.0 Å². The van der Waals surface area contributed by atoms with E-state index < -0.39 is 0 Å². The predicted octanol–water partition coefficient (Wildman–Crippen LogP) is 3.09. The van der Waals surface area contributed by atoms with E-state index in [1.54, 1.807) is 6.07 Å². The van der Waals surface area contributed by atoms with Crippen molar-refractivity contribution in [3.8, 4) is 5.69 Å². The molecule has 3 rings (SSSR count). The molecule has 130 valence electrons. The van der Waals surface area contributed by atoms with Crippen molar-refractivity contribution in [2.24, 2.45) is 0 Å². The Labute approximate surface area is 160 Å². The van der Waals surface area contributed by atoms with Crippen LogP contribution < -0.4 is 5.32 Å². The molecule has 0 fully saturated rings. The molecule has 2 heterocycles. The van der Waals surface area contributed by atoms with Gasteiger partial charge in [0, 0.05) is 34.3 Å². The van der Waals surface area contributed by atoms with Crippen LogP contribution in [0, 0.1) is 3.57 Å². The maximum absolute atomic E-state index is 12.6. The van der Waals surface area contributed by atoms with E-state index in [0.29, 0.717) is 11.5 Å². The number of amides is 1. The van der Waals surface area contributed by atoms with E-state index in [2.05, 4.69) is 37.9 Å². The molecule has 0 aliphatic heterocycles. The van der Waals surface area contributed by atoms with Gasteiger partial charge in [0.1, 0.15) is 5.69 Å². The van der Waals surface area contributed by atoms with Gasteiger partial charge in [0.15, 0.2) is 5.82 Å². The summed E-state index contributed by atoms with van der Waals surface area (Å²) in [5, 5.41) is 7.27. The van der Waals surface area contributed by atoms with Gasteiger partial charge in [-0.3, -0.25) is 9.48 Å². The summed E-state index contributed by atoms with van der Waals surface area (Å²) in [5.74, 6) is 0.376. The number of halogens is 1. The number of likely N-dealkylation sites (N-methyl/N-ethyl adjacent to an activating group) is 1. The maximum Gasteiger partial charge on any atom is 0.273 e. The summed E-state index contributed by atoms with van der Waals surface area (Å²) in [7, 11) is 4.04. The van der Waals surface area contributed by atoms with Gasteiger partial charge in [-0.2, -0.15) is 5.10 Å². The molecule has 0 saturated heterocycles. The number of hydrogen-bond acceptors (Lipinski definition) is 3. The lowest BCUT2D eigenvalue weighted by Gasteiger charge is -2.10. The molecule has 7 heteroatoms. The molecule has 25 heavy (non-hydrogen) atoms. The first-order valence-corrected chi connectivity index (χ1v) is 9.03. The summed E-state index contributed by atoms with van der Waals surface area (Å²) in [5.41, 5.74) is 1.53. The lowest BCUT2D eigenvalue weighted by Crippen LogP contribution is -2.19. The van der Waals surface area contributed by atoms with Crippen molar-refractivity contribution >= 4 is 34.3 Å². The van der Waals surface area contributed by atoms with Crippen LogP contribution in [0.3, 0.4) is 0 Å². The van der Waals surface area contributed by atoms with Crippen LogP contribution in [0.25, 0.3) is 5.69 Å².